The largest absolute Gasteiger partial charge is 0.493 e. The van der Waals surface area contributed by atoms with Gasteiger partial charge in [0.15, 0.2) is 11.4 Å². The second-order valence-electron chi connectivity index (χ2n) is 4.06. The number of fused-ring (bicyclic) bond motifs is 1. The van der Waals surface area contributed by atoms with E-state index in [4.69, 9.17) is 4.74 Å². The van der Waals surface area contributed by atoms with Crippen LogP contribution in [-0.4, -0.2) is 16.5 Å². The number of rotatable bonds is 2. The number of methoxy groups -OCH3 is 1. The second-order valence-corrected chi connectivity index (χ2v) is 4.06. The van der Waals surface area contributed by atoms with Crippen LogP contribution in [0.15, 0.2) is 42.7 Å². The van der Waals surface area contributed by atoms with E-state index in [2.05, 4.69) is 4.98 Å². The van der Waals surface area contributed by atoms with E-state index in [1.54, 1.807) is 28.9 Å². The third-order valence-electron chi connectivity index (χ3n) is 2.87. The molecule has 0 N–H and O–H groups in total. The van der Waals surface area contributed by atoms with Crippen molar-refractivity contribution in [2.45, 2.75) is 0 Å². The molecule has 0 atom stereocenters. The Labute approximate surface area is 108 Å². The van der Waals surface area contributed by atoms with Crippen molar-refractivity contribution in [3.8, 4) is 17.0 Å². The van der Waals surface area contributed by atoms with Gasteiger partial charge in [0, 0.05) is 18.0 Å². The highest BCUT2D eigenvalue weighted by molar-refractivity contribution is 5.66. The lowest BCUT2D eigenvalue weighted by atomic mass is 10.1. The average molecular weight is 260 g/mol. The standard InChI is InChI=1S/C14H10F2N2O/c1-19-13-3-2-6-18-8-12(17-14(13)18)10-7-9(15)4-5-11(10)16/h2-8H,1H3. The second kappa shape index (κ2) is 4.35. The summed E-state index contributed by atoms with van der Waals surface area (Å²) < 4.78 is 33.8. The first-order chi connectivity index (χ1) is 9.19. The molecule has 0 spiro atoms. The molecule has 96 valence electrons. The lowest BCUT2D eigenvalue weighted by Crippen LogP contribution is -1.88. The third kappa shape index (κ3) is 1.93. The molecule has 0 fully saturated rings. The summed E-state index contributed by atoms with van der Waals surface area (Å²) in [5.41, 5.74) is 1.05. The van der Waals surface area contributed by atoms with Crippen LogP contribution in [0.25, 0.3) is 16.9 Å². The zero-order valence-electron chi connectivity index (χ0n) is 10.1. The molecule has 0 bridgehead atoms. The van der Waals surface area contributed by atoms with E-state index < -0.39 is 11.6 Å². The van der Waals surface area contributed by atoms with Crippen LogP contribution in [0.4, 0.5) is 8.78 Å². The van der Waals surface area contributed by atoms with Gasteiger partial charge in [0.2, 0.25) is 0 Å². The molecule has 5 heteroatoms. The Balaban J connectivity index is 2.23. The van der Waals surface area contributed by atoms with Crippen molar-refractivity contribution in [1.82, 2.24) is 9.38 Å². The molecule has 3 rings (SSSR count). The van der Waals surface area contributed by atoms with Gasteiger partial charge in [-0.2, -0.15) is 0 Å². The van der Waals surface area contributed by atoms with E-state index in [1.165, 1.54) is 7.11 Å². The molecule has 3 aromatic rings. The van der Waals surface area contributed by atoms with Crippen molar-refractivity contribution in [3.63, 3.8) is 0 Å². The van der Waals surface area contributed by atoms with Gasteiger partial charge in [-0.05, 0) is 30.3 Å². The van der Waals surface area contributed by atoms with Crippen molar-refractivity contribution < 1.29 is 13.5 Å². The first-order valence-electron chi connectivity index (χ1n) is 5.66. The normalized spacial score (nSPS) is 10.9. The zero-order chi connectivity index (χ0) is 13.4. The third-order valence-corrected chi connectivity index (χ3v) is 2.87. The van der Waals surface area contributed by atoms with E-state index in [0.29, 0.717) is 17.1 Å². The highest BCUT2D eigenvalue weighted by atomic mass is 19.1. The van der Waals surface area contributed by atoms with E-state index in [1.807, 2.05) is 0 Å². The summed E-state index contributed by atoms with van der Waals surface area (Å²) in [5.74, 6) is -0.435. The molecule has 2 heterocycles. The van der Waals surface area contributed by atoms with E-state index >= 15 is 0 Å². The molecule has 3 nitrogen and oxygen atoms in total. The zero-order valence-corrected chi connectivity index (χ0v) is 10.1. The molecule has 0 saturated heterocycles. The highest BCUT2D eigenvalue weighted by Crippen LogP contribution is 2.26. The van der Waals surface area contributed by atoms with Gasteiger partial charge in [-0.1, -0.05) is 0 Å². The first-order valence-corrected chi connectivity index (χ1v) is 5.66. The van der Waals surface area contributed by atoms with Crippen molar-refractivity contribution >= 4 is 5.65 Å². The first kappa shape index (κ1) is 11.6. The Morgan fingerprint density at radius 1 is 1.21 bits per heavy atom. The molecule has 19 heavy (non-hydrogen) atoms. The van der Waals surface area contributed by atoms with E-state index in [9.17, 15) is 8.78 Å². The predicted octanol–water partition coefficient (Wildman–Crippen LogP) is 3.29. The number of benzene rings is 1. The van der Waals surface area contributed by atoms with Crippen LogP contribution in [0.5, 0.6) is 5.75 Å². The summed E-state index contributed by atoms with van der Waals surface area (Å²) in [5, 5.41) is 0. The SMILES string of the molecule is COc1cccn2cc(-c3cc(F)ccc3F)nc12. The summed E-state index contributed by atoms with van der Waals surface area (Å²) in [6.45, 7) is 0. The Kier molecular flexibility index (Phi) is 2.67. The van der Waals surface area contributed by atoms with Gasteiger partial charge in [-0.3, -0.25) is 0 Å². The van der Waals surface area contributed by atoms with Gasteiger partial charge in [-0.15, -0.1) is 0 Å². The fourth-order valence-electron chi connectivity index (χ4n) is 1.97. The Bertz CT molecular complexity index is 752. The summed E-state index contributed by atoms with van der Waals surface area (Å²) in [6, 6.07) is 6.85. The maximum Gasteiger partial charge on any atom is 0.180 e. The lowest BCUT2D eigenvalue weighted by Gasteiger charge is -1.99. The molecule has 1 aromatic carbocycles. The van der Waals surface area contributed by atoms with Crippen molar-refractivity contribution in [2.75, 3.05) is 7.11 Å². The summed E-state index contributed by atoms with van der Waals surface area (Å²) in [7, 11) is 1.53. The van der Waals surface area contributed by atoms with Gasteiger partial charge in [0.1, 0.15) is 11.6 Å². The molecule has 0 unspecified atom stereocenters. The topological polar surface area (TPSA) is 26.5 Å². The number of pyridine rings is 1. The van der Waals surface area contributed by atoms with E-state index in [-0.39, 0.29) is 5.56 Å². The smallest absolute Gasteiger partial charge is 0.180 e. The molecule has 0 aliphatic carbocycles. The minimum Gasteiger partial charge on any atom is -0.493 e. The highest BCUT2D eigenvalue weighted by Gasteiger charge is 2.12. The number of halogens is 2. The maximum atomic E-state index is 13.7. The summed E-state index contributed by atoms with van der Waals surface area (Å²) in [4.78, 5) is 4.29. The maximum absolute atomic E-state index is 13.7. The van der Waals surface area contributed by atoms with Crippen LogP contribution in [0.1, 0.15) is 0 Å². The van der Waals surface area contributed by atoms with Gasteiger partial charge < -0.3 is 9.14 Å². The van der Waals surface area contributed by atoms with Gasteiger partial charge >= 0.3 is 0 Å². The fraction of sp³-hybridized carbons (Fsp3) is 0.0714. The molecular weight excluding hydrogens is 250 g/mol. The average Bonchev–Trinajstić information content (AvgIpc) is 2.85. The Morgan fingerprint density at radius 2 is 2.05 bits per heavy atom. The van der Waals surface area contributed by atoms with Crippen molar-refractivity contribution in [2.24, 2.45) is 0 Å². The molecule has 0 radical (unpaired) electrons. The molecular formula is C14H10F2N2O. The van der Waals surface area contributed by atoms with Crippen LogP contribution in [0.3, 0.4) is 0 Å². The monoisotopic (exact) mass is 260 g/mol. The number of aromatic nitrogens is 2. The lowest BCUT2D eigenvalue weighted by molar-refractivity contribution is 0.417. The van der Waals surface area contributed by atoms with Crippen molar-refractivity contribution in [3.05, 3.63) is 54.4 Å². The number of hydrogen-bond acceptors (Lipinski definition) is 2. The number of ether oxygens (including phenoxy) is 1. The van der Waals surface area contributed by atoms with Gasteiger partial charge in [0.25, 0.3) is 0 Å². The number of imidazole rings is 1. The van der Waals surface area contributed by atoms with Gasteiger partial charge in [0.05, 0.1) is 12.8 Å². The Hall–Kier alpha value is -2.43. The Morgan fingerprint density at radius 3 is 2.84 bits per heavy atom. The predicted molar refractivity (Wildman–Crippen MR) is 67.1 cm³/mol. The molecule has 0 aliphatic rings. The molecule has 0 saturated carbocycles. The fourth-order valence-corrected chi connectivity index (χ4v) is 1.97. The van der Waals surface area contributed by atoms with E-state index in [0.717, 1.165) is 18.2 Å². The van der Waals surface area contributed by atoms with Crippen LogP contribution >= 0.6 is 0 Å². The summed E-state index contributed by atoms with van der Waals surface area (Å²) >= 11 is 0. The number of hydrogen-bond donors (Lipinski definition) is 0. The summed E-state index contributed by atoms with van der Waals surface area (Å²) in [6.07, 6.45) is 3.40. The van der Waals surface area contributed by atoms with Gasteiger partial charge in [-0.25, -0.2) is 13.8 Å². The minimum atomic E-state index is -0.510. The van der Waals surface area contributed by atoms with Crippen LogP contribution in [-0.2, 0) is 0 Å². The van der Waals surface area contributed by atoms with Crippen LogP contribution < -0.4 is 4.74 Å². The minimum absolute atomic E-state index is 0.130. The molecule has 0 amide bonds. The molecule has 2 aromatic heterocycles. The number of nitrogens with zero attached hydrogens (tertiary/aromatic N) is 2. The quantitative estimate of drug-likeness (QED) is 0.706. The van der Waals surface area contributed by atoms with Crippen LogP contribution in [0, 0.1) is 11.6 Å². The van der Waals surface area contributed by atoms with Crippen LogP contribution in [0.2, 0.25) is 0 Å². The van der Waals surface area contributed by atoms with Crippen molar-refractivity contribution in [1.29, 1.82) is 0 Å². The molecule has 0 aliphatic heterocycles.